The molecule has 128 valence electrons. The molecule has 0 saturated carbocycles. The molecule has 1 aliphatic heterocycles. The van der Waals surface area contributed by atoms with Gasteiger partial charge in [0.2, 0.25) is 5.89 Å². The minimum absolute atomic E-state index is 0.0580. The van der Waals surface area contributed by atoms with E-state index in [1.807, 2.05) is 0 Å². The number of anilines is 1. The van der Waals surface area contributed by atoms with Crippen molar-refractivity contribution in [3.8, 4) is 0 Å². The van der Waals surface area contributed by atoms with Crippen LogP contribution in [0.5, 0.6) is 0 Å². The van der Waals surface area contributed by atoms with Crippen LogP contribution in [0, 0.1) is 24.0 Å². The van der Waals surface area contributed by atoms with Gasteiger partial charge in [-0.15, -0.1) is 0 Å². The second-order valence-electron chi connectivity index (χ2n) is 5.93. The first-order valence-electron chi connectivity index (χ1n) is 7.90. The van der Waals surface area contributed by atoms with E-state index in [1.165, 1.54) is 6.20 Å². The van der Waals surface area contributed by atoms with Gasteiger partial charge in [0.1, 0.15) is 12.0 Å². The van der Waals surface area contributed by atoms with Crippen LogP contribution in [0.15, 0.2) is 16.8 Å². The third-order valence-corrected chi connectivity index (χ3v) is 4.11. The lowest BCUT2D eigenvalue weighted by molar-refractivity contribution is -0.385. The number of nitrogens with zero attached hydrogens (tertiary/aromatic N) is 6. The smallest absolute Gasteiger partial charge is 0.290 e. The lowest BCUT2D eigenvalue weighted by atomic mass is 10.2. The molecule has 9 nitrogen and oxygen atoms in total. The molecule has 9 heteroatoms. The molecule has 0 N–H and O–H groups in total. The van der Waals surface area contributed by atoms with Crippen molar-refractivity contribution >= 4 is 11.5 Å². The highest BCUT2D eigenvalue weighted by Gasteiger charge is 2.19. The fourth-order valence-corrected chi connectivity index (χ4v) is 2.86. The van der Waals surface area contributed by atoms with Crippen molar-refractivity contribution in [2.45, 2.75) is 26.8 Å². The SMILES string of the molecule is Cc1nc(CN2CCCN(c3cc(C)c([N+](=O)[O-])cn3)CC2)no1. The Hall–Kier alpha value is -2.55. The molecule has 1 aliphatic rings. The lowest BCUT2D eigenvalue weighted by Crippen LogP contribution is -2.31. The predicted molar refractivity (Wildman–Crippen MR) is 86.8 cm³/mol. The van der Waals surface area contributed by atoms with Gasteiger partial charge in [-0.05, 0) is 19.4 Å². The summed E-state index contributed by atoms with van der Waals surface area (Å²) in [6.45, 7) is 7.65. The van der Waals surface area contributed by atoms with E-state index in [1.54, 1.807) is 19.9 Å². The van der Waals surface area contributed by atoms with Gasteiger partial charge in [-0.3, -0.25) is 15.0 Å². The summed E-state index contributed by atoms with van der Waals surface area (Å²) in [7, 11) is 0. The van der Waals surface area contributed by atoms with Crippen LogP contribution in [0.1, 0.15) is 23.7 Å². The molecule has 0 unspecified atom stereocenters. The van der Waals surface area contributed by atoms with E-state index in [4.69, 9.17) is 4.52 Å². The third kappa shape index (κ3) is 3.67. The number of aromatic nitrogens is 3. The van der Waals surface area contributed by atoms with Gasteiger partial charge >= 0.3 is 0 Å². The van der Waals surface area contributed by atoms with Gasteiger partial charge in [0.25, 0.3) is 5.69 Å². The maximum atomic E-state index is 10.9. The Bertz CT molecular complexity index is 732. The first-order chi connectivity index (χ1) is 11.5. The summed E-state index contributed by atoms with van der Waals surface area (Å²) in [5.74, 6) is 2.06. The van der Waals surface area contributed by atoms with Gasteiger partial charge in [-0.1, -0.05) is 5.16 Å². The Morgan fingerprint density at radius 3 is 2.79 bits per heavy atom. The first kappa shape index (κ1) is 16.3. The normalized spacial score (nSPS) is 16.2. The molecule has 3 rings (SSSR count). The second-order valence-corrected chi connectivity index (χ2v) is 5.93. The van der Waals surface area contributed by atoms with E-state index in [2.05, 4.69) is 24.9 Å². The van der Waals surface area contributed by atoms with Gasteiger partial charge in [0.15, 0.2) is 5.82 Å². The summed E-state index contributed by atoms with van der Waals surface area (Å²) in [5.41, 5.74) is 0.691. The molecule has 0 spiro atoms. The molecule has 0 aliphatic carbocycles. The van der Waals surface area contributed by atoms with Crippen LogP contribution in [0.25, 0.3) is 0 Å². The van der Waals surface area contributed by atoms with Gasteiger partial charge < -0.3 is 9.42 Å². The average molecular weight is 332 g/mol. The van der Waals surface area contributed by atoms with E-state index in [0.29, 0.717) is 23.8 Å². The van der Waals surface area contributed by atoms with Crippen molar-refractivity contribution in [1.82, 2.24) is 20.0 Å². The minimum Gasteiger partial charge on any atom is -0.355 e. The fraction of sp³-hybridized carbons (Fsp3) is 0.533. The summed E-state index contributed by atoms with van der Waals surface area (Å²) >= 11 is 0. The van der Waals surface area contributed by atoms with Crippen LogP contribution in [0.2, 0.25) is 0 Å². The lowest BCUT2D eigenvalue weighted by Gasteiger charge is -2.22. The van der Waals surface area contributed by atoms with Gasteiger partial charge in [-0.2, -0.15) is 4.98 Å². The van der Waals surface area contributed by atoms with Crippen LogP contribution in [0.3, 0.4) is 0 Å². The van der Waals surface area contributed by atoms with Crippen molar-refractivity contribution in [2.24, 2.45) is 0 Å². The van der Waals surface area contributed by atoms with Crippen molar-refractivity contribution in [1.29, 1.82) is 0 Å². The van der Waals surface area contributed by atoms with Crippen molar-refractivity contribution in [2.75, 3.05) is 31.1 Å². The molecule has 2 aromatic heterocycles. The minimum atomic E-state index is -0.400. The number of nitro groups is 1. The molecular weight excluding hydrogens is 312 g/mol. The highest BCUT2D eigenvalue weighted by Crippen LogP contribution is 2.22. The molecule has 0 bridgehead atoms. The van der Waals surface area contributed by atoms with Gasteiger partial charge in [0.05, 0.1) is 11.5 Å². The molecule has 3 heterocycles. The molecule has 0 amide bonds. The quantitative estimate of drug-likeness (QED) is 0.616. The third-order valence-electron chi connectivity index (χ3n) is 4.11. The molecule has 1 fully saturated rings. The fourth-order valence-electron chi connectivity index (χ4n) is 2.86. The maximum Gasteiger partial charge on any atom is 0.290 e. The summed E-state index contributed by atoms with van der Waals surface area (Å²) in [5, 5.41) is 14.8. The largest absolute Gasteiger partial charge is 0.355 e. The first-order valence-corrected chi connectivity index (χ1v) is 7.90. The number of aryl methyl sites for hydroxylation is 2. The van der Waals surface area contributed by atoms with Crippen LogP contribution in [-0.4, -0.2) is 51.1 Å². The maximum absolute atomic E-state index is 10.9. The molecule has 2 aromatic rings. The number of rotatable bonds is 4. The molecule has 0 radical (unpaired) electrons. The topological polar surface area (TPSA) is 101 Å². The number of hydrogen-bond acceptors (Lipinski definition) is 8. The highest BCUT2D eigenvalue weighted by molar-refractivity contribution is 5.48. The predicted octanol–water partition coefficient (Wildman–Crippen LogP) is 1.70. The van der Waals surface area contributed by atoms with E-state index in [-0.39, 0.29) is 5.69 Å². The summed E-state index contributed by atoms with van der Waals surface area (Å²) < 4.78 is 5.01. The zero-order valence-corrected chi connectivity index (χ0v) is 13.8. The van der Waals surface area contributed by atoms with E-state index < -0.39 is 4.92 Å². The van der Waals surface area contributed by atoms with E-state index in [9.17, 15) is 10.1 Å². The Kier molecular flexibility index (Phi) is 4.70. The van der Waals surface area contributed by atoms with Crippen LogP contribution < -0.4 is 4.90 Å². The van der Waals surface area contributed by atoms with Crippen LogP contribution >= 0.6 is 0 Å². The number of pyridine rings is 1. The Morgan fingerprint density at radius 2 is 2.12 bits per heavy atom. The Morgan fingerprint density at radius 1 is 1.29 bits per heavy atom. The summed E-state index contributed by atoms with van der Waals surface area (Å²) in [6, 6.07) is 1.79. The Balaban J connectivity index is 1.65. The highest BCUT2D eigenvalue weighted by atomic mass is 16.6. The van der Waals surface area contributed by atoms with E-state index in [0.717, 1.165) is 38.4 Å². The van der Waals surface area contributed by atoms with Gasteiger partial charge in [0, 0.05) is 38.7 Å². The average Bonchev–Trinajstić information content (AvgIpc) is 2.80. The van der Waals surface area contributed by atoms with Gasteiger partial charge in [-0.25, -0.2) is 4.98 Å². The summed E-state index contributed by atoms with van der Waals surface area (Å²) in [4.78, 5) is 23.5. The standard InChI is InChI=1S/C15H20N6O3/c1-11-8-15(16-9-13(11)21(22)23)20-5-3-4-19(6-7-20)10-14-17-12(2)24-18-14/h8-9H,3-7,10H2,1-2H3. The second kappa shape index (κ2) is 6.91. The van der Waals surface area contributed by atoms with Crippen molar-refractivity contribution < 1.29 is 9.45 Å². The zero-order chi connectivity index (χ0) is 17.1. The number of hydrogen-bond donors (Lipinski definition) is 0. The van der Waals surface area contributed by atoms with Crippen molar-refractivity contribution in [3.05, 3.63) is 39.7 Å². The molecule has 0 atom stereocenters. The van der Waals surface area contributed by atoms with Crippen LogP contribution in [-0.2, 0) is 6.54 Å². The van der Waals surface area contributed by atoms with Crippen LogP contribution in [0.4, 0.5) is 11.5 Å². The zero-order valence-electron chi connectivity index (χ0n) is 13.8. The molecule has 24 heavy (non-hydrogen) atoms. The molecule has 1 saturated heterocycles. The summed E-state index contributed by atoms with van der Waals surface area (Å²) in [6.07, 6.45) is 2.32. The molecular formula is C15H20N6O3. The van der Waals surface area contributed by atoms with E-state index >= 15 is 0 Å². The monoisotopic (exact) mass is 332 g/mol. The Labute approximate surface area is 139 Å². The molecule has 0 aromatic carbocycles. The van der Waals surface area contributed by atoms with Crippen molar-refractivity contribution in [3.63, 3.8) is 0 Å².